The molecule has 2 atom stereocenters. The second-order valence-electron chi connectivity index (χ2n) is 6.52. The lowest BCUT2D eigenvalue weighted by Crippen LogP contribution is -2.46. The monoisotopic (exact) mass is 293 g/mol. The van der Waals surface area contributed by atoms with Gasteiger partial charge < -0.3 is 14.7 Å². The van der Waals surface area contributed by atoms with E-state index in [0.29, 0.717) is 19.1 Å². The third-order valence-corrected chi connectivity index (χ3v) is 4.76. The Morgan fingerprint density at radius 3 is 2.95 bits per heavy atom. The maximum absolute atomic E-state index is 10.4. The predicted octanol–water partition coefficient (Wildman–Crippen LogP) is 1.62. The molecule has 118 valence electrons. The van der Waals surface area contributed by atoms with Gasteiger partial charge in [0.25, 0.3) is 0 Å². The van der Waals surface area contributed by atoms with Crippen molar-refractivity contribution < 1.29 is 9.84 Å². The van der Waals surface area contributed by atoms with Crippen molar-refractivity contribution in [1.29, 1.82) is 0 Å². The number of hydrogen-bond donors (Lipinski definition) is 1. The lowest BCUT2D eigenvalue weighted by Gasteiger charge is -2.32. The van der Waals surface area contributed by atoms with Crippen LogP contribution in [0, 0.1) is 0 Å². The van der Waals surface area contributed by atoms with Gasteiger partial charge >= 0.3 is 0 Å². The largest absolute Gasteiger partial charge is 0.390 e. The van der Waals surface area contributed by atoms with Crippen LogP contribution in [0.5, 0.6) is 0 Å². The minimum Gasteiger partial charge on any atom is -0.390 e. The Morgan fingerprint density at radius 2 is 2.19 bits per heavy atom. The van der Waals surface area contributed by atoms with Crippen molar-refractivity contribution >= 4 is 0 Å². The third-order valence-electron chi connectivity index (χ3n) is 4.76. The molecule has 0 aromatic carbocycles. The zero-order chi connectivity index (χ0) is 14.7. The highest BCUT2D eigenvalue weighted by atomic mass is 16.5. The van der Waals surface area contributed by atoms with Crippen molar-refractivity contribution in [3.05, 3.63) is 18.0 Å². The van der Waals surface area contributed by atoms with Gasteiger partial charge in [0.05, 0.1) is 30.6 Å². The van der Waals surface area contributed by atoms with Gasteiger partial charge in [0, 0.05) is 25.7 Å². The van der Waals surface area contributed by atoms with Gasteiger partial charge in [-0.05, 0) is 26.0 Å². The molecule has 5 nitrogen and oxygen atoms in total. The molecule has 0 bridgehead atoms. The van der Waals surface area contributed by atoms with Crippen LogP contribution in [0.3, 0.4) is 0 Å². The van der Waals surface area contributed by atoms with E-state index < -0.39 is 6.10 Å². The Kier molecular flexibility index (Phi) is 4.93. The number of aliphatic hydroxyl groups excluding tert-OH is 1. The average molecular weight is 293 g/mol. The molecule has 5 heteroatoms. The molecule has 1 aliphatic carbocycles. The summed E-state index contributed by atoms with van der Waals surface area (Å²) in [5.74, 6) is 0. The fourth-order valence-corrected chi connectivity index (χ4v) is 3.42. The number of aromatic nitrogens is 2. The number of morpholine rings is 1. The normalized spacial score (nSPS) is 26.9. The number of likely N-dealkylation sites (N-methyl/N-ethyl adjacent to an activating group) is 1. The Morgan fingerprint density at radius 1 is 1.38 bits per heavy atom. The molecule has 2 fully saturated rings. The Bertz CT molecular complexity index is 442. The van der Waals surface area contributed by atoms with Gasteiger partial charge in [0.15, 0.2) is 0 Å². The summed E-state index contributed by atoms with van der Waals surface area (Å²) in [6.07, 6.45) is 8.54. The number of ether oxygens (including phenoxy) is 1. The molecule has 1 N–H and O–H groups in total. The van der Waals surface area contributed by atoms with Gasteiger partial charge in [0.1, 0.15) is 0 Å². The van der Waals surface area contributed by atoms with Gasteiger partial charge in [-0.3, -0.25) is 4.68 Å². The fourth-order valence-electron chi connectivity index (χ4n) is 3.42. The van der Waals surface area contributed by atoms with Crippen molar-refractivity contribution in [2.45, 2.75) is 56.8 Å². The van der Waals surface area contributed by atoms with Crippen molar-refractivity contribution in [3.63, 3.8) is 0 Å². The van der Waals surface area contributed by atoms with Gasteiger partial charge in [0.2, 0.25) is 0 Å². The van der Waals surface area contributed by atoms with Crippen LogP contribution in [0.25, 0.3) is 0 Å². The van der Waals surface area contributed by atoms with Crippen molar-refractivity contribution in [1.82, 2.24) is 14.7 Å². The molecule has 1 aliphatic heterocycles. The van der Waals surface area contributed by atoms with Crippen molar-refractivity contribution in [2.24, 2.45) is 0 Å². The smallest absolute Gasteiger partial charge is 0.0964 e. The van der Waals surface area contributed by atoms with Crippen LogP contribution in [0.2, 0.25) is 0 Å². The summed E-state index contributed by atoms with van der Waals surface area (Å²) in [4.78, 5) is 2.21. The van der Waals surface area contributed by atoms with Crippen LogP contribution in [-0.2, 0) is 11.2 Å². The maximum atomic E-state index is 10.4. The minimum atomic E-state index is -0.470. The predicted molar refractivity (Wildman–Crippen MR) is 81.3 cm³/mol. The molecule has 1 saturated heterocycles. The number of rotatable bonds is 4. The van der Waals surface area contributed by atoms with E-state index >= 15 is 0 Å². The minimum absolute atomic E-state index is 0.0939. The van der Waals surface area contributed by atoms with Crippen LogP contribution in [0.4, 0.5) is 0 Å². The quantitative estimate of drug-likeness (QED) is 0.916. The van der Waals surface area contributed by atoms with E-state index in [-0.39, 0.29) is 6.10 Å². The highest BCUT2D eigenvalue weighted by Gasteiger charge is 2.26. The van der Waals surface area contributed by atoms with Gasteiger partial charge in [-0.15, -0.1) is 0 Å². The van der Waals surface area contributed by atoms with Crippen LogP contribution in [-0.4, -0.2) is 58.7 Å². The topological polar surface area (TPSA) is 50.5 Å². The first-order chi connectivity index (χ1) is 10.2. The SMILES string of the molecule is CN1CCOC(C(O)Cc2ccn(C3CCCCC3)n2)C1. The molecule has 2 heterocycles. The lowest BCUT2D eigenvalue weighted by atomic mass is 9.96. The van der Waals surface area contributed by atoms with Crippen LogP contribution in [0.1, 0.15) is 43.8 Å². The molecule has 2 aliphatic rings. The van der Waals surface area contributed by atoms with Crippen LogP contribution in [0.15, 0.2) is 12.3 Å². The standard InChI is InChI=1S/C16H27N3O2/c1-18-9-10-21-16(12-18)15(20)11-13-7-8-19(17-13)14-5-3-2-4-6-14/h7-8,14-16,20H,2-6,9-12H2,1H3. The van der Waals surface area contributed by atoms with Crippen LogP contribution < -0.4 is 0 Å². The van der Waals surface area contributed by atoms with Gasteiger partial charge in [-0.25, -0.2) is 0 Å². The molecule has 1 saturated carbocycles. The summed E-state index contributed by atoms with van der Waals surface area (Å²) in [5.41, 5.74) is 0.977. The molecule has 0 amide bonds. The van der Waals surface area contributed by atoms with Crippen LogP contribution >= 0.6 is 0 Å². The molecular formula is C16H27N3O2. The van der Waals surface area contributed by atoms with Gasteiger partial charge in [-0.2, -0.15) is 5.10 Å². The van der Waals surface area contributed by atoms with E-state index in [1.54, 1.807) is 0 Å². The summed E-state index contributed by atoms with van der Waals surface area (Å²) in [6.45, 7) is 2.44. The van der Waals surface area contributed by atoms with Crippen molar-refractivity contribution in [3.8, 4) is 0 Å². The zero-order valence-electron chi connectivity index (χ0n) is 12.9. The summed E-state index contributed by atoms with van der Waals surface area (Å²) in [7, 11) is 2.07. The first kappa shape index (κ1) is 15.0. The van der Waals surface area contributed by atoms with E-state index in [2.05, 4.69) is 27.9 Å². The first-order valence-electron chi connectivity index (χ1n) is 8.24. The Labute approximate surface area is 126 Å². The number of hydrogen-bond acceptors (Lipinski definition) is 4. The molecule has 1 aromatic heterocycles. The highest BCUT2D eigenvalue weighted by Crippen LogP contribution is 2.27. The third kappa shape index (κ3) is 3.84. The zero-order valence-corrected chi connectivity index (χ0v) is 12.9. The molecule has 21 heavy (non-hydrogen) atoms. The molecule has 0 radical (unpaired) electrons. The summed E-state index contributed by atoms with van der Waals surface area (Å²) in [6, 6.07) is 2.60. The Hall–Kier alpha value is -0.910. The summed E-state index contributed by atoms with van der Waals surface area (Å²) < 4.78 is 7.79. The maximum Gasteiger partial charge on any atom is 0.0964 e. The molecule has 2 unspecified atom stereocenters. The van der Waals surface area contributed by atoms with Crippen molar-refractivity contribution in [2.75, 3.05) is 26.7 Å². The lowest BCUT2D eigenvalue weighted by molar-refractivity contribution is -0.0826. The van der Waals surface area contributed by atoms with Gasteiger partial charge in [-0.1, -0.05) is 19.3 Å². The highest BCUT2D eigenvalue weighted by molar-refractivity contribution is 5.03. The molecule has 3 rings (SSSR count). The second-order valence-corrected chi connectivity index (χ2v) is 6.52. The summed E-state index contributed by atoms with van der Waals surface area (Å²) >= 11 is 0. The van der Waals surface area contributed by atoms with E-state index in [9.17, 15) is 5.11 Å². The second kappa shape index (κ2) is 6.90. The Balaban J connectivity index is 1.56. The first-order valence-corrected chi connectivity index (χ1v) is 8.24. The number of nitrogens with zero attached hydrogens (tertiary/aromatic N) is 3. The molecule has 1 aromatic rings. The van der Waals surface area contributed by atoms with E-state index in [4.69, 9.17) is 4.74 Å². The fraction of sp³-hybridized carbons (Fsp3) is 0.812. The van der Waals surface area contributed by atoms with E-state index in [1.807, 2.05) is 6.07 Å². The molecular weight excluding hydrogens is 266 g/mol. The van der Waals surface area contributed by atoms with E-state index in [0.717, 1.165) is 18.8 Å². The number of aliphatic hydroxyl groups is 1. The van der Waals surface area contributed by atoms with E-state index in [1.165, 1.54) is 32.1 Å². The molecule has 0 spiro atoms. The average Bonchev–Trinajstić information content (AvgIpc) is 2.97. The summed E-state index contributed by atoms with van der Waals surface area (Å²) in [5, 5.41) is 15.0.